The van der Waals surface area contributed by atoms with Crippen LogP contribution in [0, 0.1) is 20.8 Å². The molecular formula is C26H29NO. The molecule has 0 bridgehead atoms. The summed E-state index contributed by atoms with van der Waals surface area (Å²) in [5.41, 5.74) is 8.08. The Morgan fingerprint density at radius 2 is 1.46 bits per heavy atom. The van der Waals surface area contributed by atoms with E-state index in [1.165, 1.54) is 27.8 Å². The number of nitrogens with one attached hydrogen (secondary N) is 1. The van der Waals surface area contributed by atoms with Gasteiger partial charge in [0.25, 0.3) is 5.91 Å². The first kappa shape index (κ1) is 19.9. The van der Waals surface area contributed by atoms with Crippen LogP contribution >= 0.6 is 0 Å². The van der Waals surface area contributed by atoms with Crippen molar-refractivity contribution in [3.8, 4) is 0 Å². The standard InChI is InChI=1S/C26H29NO/c1-18-16-20(3)25(17-19(18)2)21(4)27-26(28)24-13-9-8-12-23(24)15-14-22-10-6-5-7-11-22/h5-13,16-17,21H,14-15H2,1-4H3,(H,27,28)/t21-/m0/s1. The van der Waals surface area contributed by atoms with Crippen LogP contribution in [0.5, 0.6) is 0 Å². The zero-order valence-electron chi connectivity index (χ0n) is 17.3. The lowest BCUT2D eigenvalue weighted by Gasteiger charge is -2.19. The molecule has 1 amide bonds. The Hall–Kier alpha value is -2.87. The van der Waals surface area contributed by atoms with E-state index in [1.54, 1.807) is 0 Å². The van der Waals surface area contributed by atoms with Gasteiger partial charge in [-0.2, -0.15) is 0 Å². The molecule has 0 fully saturated rings. The Kier molecular flexibility index (Phi) is 6.30. The fraction of sp³-hybridized carbons (Fsp3) is 0.269. The Morgan fingerprint density at radius 1 is 0.821 bits per heavy atom. The average Bonchev–Trinajstić information content (AvgIpc) is 2.70. The summed E-state index contributed by atoms with van der Waals surface area (Å²) in [4.78, 5) is 13.0. The fourth-order valence-electron chi connectivity index (χ4n) is 3.69. The molecule has 0 aliphatic carbocycles. The van der Waals surface area contributed by atoms with Gasteiger partial charge in [0, 0.05) is 5.56 Å². The molecule has 0 aliphatic rings. The van der Waals surface area contributed by atoms with E-state index in [1.807, 2.05) is 24.3 Å². The topological polar surface area (TPSA) is 29.1 Å². The van der Waals surface area contributed by atoms with Gasteiger partial charge in [-0.05, 0) is 80.0 Å². The minimum atomic E-state index is -0.0334. The molecule has 0 heterocycles. The first-order valence-electron chi connectivity index (χ1n) is 9.96. The number of aryl methyl sites for hydroxylation is 5. The van der Waals surface area contributed by atoms with Gasteiger partial charge < -0.3 is 5.32 Å². The molecule has 144 valence electrons. The van der Waals surface area contributed by atoms with E-state index in [9.17, 15) is 4.79 Å². The average molecular weight is 372 g/mol. The van der Waals surface area contributed by atoms with Gasteiger partial charge in [-0.25, -0.2) is 0 Å². The van der Waals surface area contributed by atoms with E-state index >= 15 is 0 Å². The molecule has 1 N–H and O–H groups in total. The summed E-state index contributed by atoms with van der Waals surface area (Å²) in [6.07, 6.45) is 1.78. The lowest BCUT2D eigenvalue weighted by atomic mass is 9.95. The molecule has 0 aromatic heterocycles. The van der Waals surface area contributed by atoms with Crippen LogP contribution in [0.3, 0.4) is 0 Å². The van der Waals surface area contributed by atoms with Crippen molar-refractivity contribution < 1.29 is 4.79 Å². The summed E-state index contributed by atoms with van der Waals surface area (Å²) in [5.74, 6) is -0.00575. The second-order valence-electron chi connectivity index (χ2n) is 7.63. The van der Waals surface area contributed by atoms with Crippen LogP contribution in [-0.2, 0) is 12.8 Å². The van der Waals surface area contributed by atoms with Crippen molar-refractivity contribution in [3.63, 3.8) is 0 Å². The summed E-state index contributed by atoms with van der Waals surface area (Å²) >= 11 is 0. The minimum Gasteiger partial charge on any atom is -0.345 e. The predicted molar refractivity (Wildman–Crippen MR) is 117 cm³/mol. The molecule has 1 atom stereocenters. The smallest absolute Gasteiger partial charge is 0.252 e. The molecule has 0 saturated heterocycles. The second-order valence-corrected chi connectivity index (χ2v) is 7.63. The molecule has 0 unspecified atom stereocenters. The van der Waals surface area contributed by atoms with E-state index in [0.717, 1.165) is 24.0 Å². The summed E-state index contributed by atoms with van der Waals surface area (Å²) < 4.78 is 0. The third-order valence-electron chi connectivity index (χ3n) is 5.48. The zero-order valence-corrected chi connectivity index (χ0v) is 17.3. The van der Waals surface area contributed by atoms with Gasteiger partial charge in [-0.15, -0.1) is 0 Å². The van der Waals surface area contributed by atoms with Crippen LogP contribution in [0.4, 0.5) is 0 Å². The summed E-state index contributed by atoms with van der Waals surface area (Å²) in [6.45, 7) is 8.41. The molecule has 2 heteroatoms. The van der Waals surface area contributed by atoms with Crippen LogP contribution < -0.4 is 5.32 Å². The lowest BCUT2D eigenvalue weighted by Crippen LogP contribution is -2.28. The predicted octanol–water partition coefficient (Wildman–Crippen LogP) is 5.89. The molecule has 3 rings (SSSR count). The number of rotatable bonds is 6. The molecule has 28 heavy (non-hydrogen) atoms. The van der Waals surface area contributed by atoms with Crippen molar-refractivity contribution in [2.75, 3.05) is 0 Å². The normalized spacial score (nSPS) is 11.9. The van der Waals surface area contributed by atoms with Gasteiger partial charge in [0.05, 0.1) is 6.04 Å². The van der Waals surface area contributed by atoms with E-state index in [4.69, 9.17) is 0 Å². The molecule has 3 aromatic rings. The van der Waals surface area contributed by atoms with Crippen molar-refractivity contribution in [1.82, 2.24) is 5.32 Å². The second kappa shape index (κ2) is 8.88. The van der Waals surface area contributed by atoms with Crippen LogP contribution in [0.1, 0.15) is 56.7 Å². The molecule has 2 nitrogen and oxygen atoms in total. The van der Waals surface area contributed by atoms with E-state index < -0.39 is 0 Å². The van der Waals surface area contributed by atoms with Gasteiger partial charge in [-0.1, -0.05) is 60.7 Å². The van der Waals surface area contributed by atoms with Crippen LogP contribution in [0.15, 0.2) is 66.7 Å². The Labute approximate surface area is 168 Å². The fourth-order valence-corrected chi connectivity index (χ4v) is 3.69. The molecular weight excluding hydrogens is 342 g/mol. The Morgan fingerprint density at radius 3 is 2.21 bits per heavy atom. The first-order valence-corrected chi connectivity index (χ1v) is 9.96. The number of benzene rings is 3. The van der Waals surface area contributed by atoms with E-state index in [0.29, 0.717) is 0 Å². The van der Waals surface area contributed by atoms with Gasteiger partial charge in [0.15, 0.2) is 0 Å². The molecule has 3 aromatic carbocycles. The van der Waals surface area contributed by atoms with Crippen LogP contribution in [0.2, 0.25) is 0 Å². The quantitative estimate of drug-likeness (QED) is 0.575. The first-order chi connectivity index (χ1) is 13.5. The SMILES string of the molecule is Cc1cc(C)c([C@H](C)NC(=O)c2ccccc2CCc2ccccc2)cc1C. The maximum Gasteiger partial charge on any atom is 0.252 e. The highest BCUT2D eigenvalue weighted by Gasteiger charge is 2.16. The highest BCUT2D eigenvalue weighted by Crippen LogP contribution is 2.22. The number of amides is 1. The van der Waals surface area contributed by atoms with Crippen molar-refractivity contribution in [3.05, 3.63) is 106 Å². The molecule has 0 saturated carbocycles. The summed E-state index contributed by atoms with van der Waals surface area (Å²) in [6, 6.07) is 22.7. The van der Waals surface area contributed by atoms with Crippen molar-refractivity contribution in [1.29, 1.82) is 0 Å². The third kappa shape index (κ3) is 4.69. The number of hydrogen-bond donors (Lipinski definition) is 1. The highest BCUT2D eigenvalue weighted by atomic mass is 16.1. The van der Waals surface area contributed by atoms with Gasteiger partial charge in [0.1, 0.15) is 0 Å². The number of hydrogen-bond acceptors (Lipinski definition) is 1. The third-order valence-corrected chi connectivity index (χ3v) is 5.48. The van der Waals surface area contributed by atoms with Gasteiger partial charge in [-0.3, -0.25) is 4.79 Å². The maximum atomic E-state index is 13.0. The van der Waals surface area contributed by atoms with Gasteiger partial charge >= 0.3 is 0 Å². The zero-order chi connectivity index (χ0) is 20.1. The molecule has 0 radical (unpaired) electrons. The number of carbonyl (C=O) groups is 1. The Bertz CT molecular complexity index is 959. The van der Waals surface area contributed by atoms with Gasteiger partial charge in [0.2, 0.25) is 0 Å². The van der Waals surface area contributed by atoms with Crippen molar-refractivity contribution in [2.24, 2.45) is 0 Å². The monoisotopic (exact) mass is 371 g/mol. The van der Waals surface area contributed by atoms with E-state index in [-0.39, 0.29) is 11.9 Å². The van der Waals surface area contributed by atoms with Crippen molar-refractivity contribution in [2.45, 2.75) is 46.6 Å². The largest absolute Gasteiger partial charge is 0.345 e. The van der Waals surface area contributed by atoms with Crippen LogP contribution in [-0.4, -0.2) is 5.91 Å². The maximum absolute atomic E-state index is 13.0. The highest BCUT2D eigenvalue weighted by molar-refractivity contribution is 5.96. The summed E-state index contributed by atoms with van der Waals surface area (Å²) in [5, 5.41) is 3.20. The minimum absolute atomic E-state index is 0.00575. The molecule has 0 aliphatic heterocycles. The van der Waals surface area contributed by atoms with E-state index in [2.05, 4.69) is 75.5 Å². The van der Waals surface area contributed by atoms with Crippen LogP contribution in [0.25, 0.3) is 0 Å². The Balaban J connectivity index is 1.75. The summed E-state index contributed by atoms with van der Waals surface area (Å²) in [7, 11) is 0. The molecule has 0 spiro atoms. The lowest BCUT2D eigenvalue weighted by molar-refractivity contribution is 0.0939. The number of carbonyl (C=O) groups excluding carboxylic acids is 1. The van der Waals surface area contributed by atoms with Crippen molar-refractivity contribution >= 4 is 5.91 Å².